The van der Waals surface area contributed by atoms with Crippen LogP contribution in [0.1, 0.15) is 27.2 Å². The Hall–Kier alpha value is -2.59. The molecule has 0 aromatic rings. The van der Waals surface area contributed by atoms with Gasteiger partial charge in [0.1, 0.15) is 6.04 Å². The summed E-state index contributed by atoms with van der Waals surface area (Å²) in [6.45, 7) is 5.31. The summed E-state index contributed by atoms with van der Waals surface area (Å²) in [5.74, 6) is -1.69. The first-order valence-corrected chi connectivity index (χ1v) is 4.61. The summed E-state index contributed by atoms with van der Waals surface area (Å²) in [6.07, 6.45) is 2.54. The van der Waals surface area contributed by atoms with E-state index in [1.54, 1.807) is 0 Å². The van der Waals surface area contributed by atoms with E-state index < -0.39 is 17.9 Å². The van der Waals surface area contributed by atoms with E-state index in [9.17, 15) is 14.4 Å². The van der Waals surface area contributed by atoms with Crippen molar-refractivity contribution in [3.63, 3.8) is 0 Å². The number of carboxylic acids is 1. The van der Waals surface area contributed by atoms with Crippen LogP contribution in [0, 0.1) is 0 Å². The number of rotatable bonds is 5. The van der Waals surface area contributed by atoms with E-state index in [4.69, 9.17) is 5.11 Å². The summed E-state index contributed by atoms with van der Waals surface area (Å²) >= 11 is 0. The molecule has 1 atom stereocenters. The summed E-state index contributed by atoms with van der Waals surface area (Å²) in [4.78, 5) is 30.5. The van der Waals surface area contributed by atoms with Gasteiger partial charge in [-0.15, -0.1) is 0 Å². The van der Waals surface area contributed by atoms with Gasteiger partial charge >= 0.3 is 5.97 Å². The van der Waals surface area contributed by atoms with E-state index in [2.05, 4.69) is 19.2 Å². The second-order valence-electron chi connectivity index (χ2n) is 2.79. The Balaban J connectivity index is -0.000000377. The fraction of sp³-hybridized carbons (Fsp3) is 0.667. The van der Waals surface area contributed by atoms with E-state index >= 15 is 0 Å². The molecule has 0 saturated carbocycles. The van der Waals surface area contributed by atoms with Gasteiger partial charge in [0.15, 0.2) is 0 Å². The summed E-state index contributed by atoms with van der Waals surface area (Å²) in [5, 5.41) is 12.5. The zero-order valence-corrected chi connectivity index (χ0v) is 11.9. The van der Waals surface area contributed by atoms with Gasteiger partial charge in [-0.25, -0.2) is 0 Å². The largest absolute Gasteiger partial charge is 0.522 e. The molecule has 6 nitrogen and oxygen atoms in total. The van der Waals surface area contributed by atoms with Crippen LogP contribution in [0.2, 0.25) is 0 Å². The molecule has 0 rings (SSSR count). The smallest absolute Gasteiger partial charge is 0.325 e. The van der Waals surface area contributed by atoms with Crippen LogP contribution in [0.25, 0.3) is 0 Å². The molecule has 0 radical (unpaired) electrons. The van der Waals surface area contributed by atoms with Crippen molar-refractivity contribution >= 4 is 18.3 Å². The molecule has 0 saturated heterocycles. The van der Waals surface area contributed by atoms with E-state index in [-0.39, 0.29) is 6.54 Å². The number of hydrogen-bond donors (Lipinski definition) is 3. The number of carbonyl (C=O) groups excluding carboxylic acids is 2. The van der Waals surface area contributed by atoms with Gasteiger partial charge in [0.2, 0.25) is 5.91 Å². The second-order valence-corrected chi connectivity index (χ2v) is 2.79. The van der Waals surface area contributed by atoms with E-state index in [1.807, 2.05) is 5.32 Å². The van der Waals surface area contributed by atoms with Crippen molar-refractivity contribution < 1.29 is 19.5 Å². The van der Waals surface area contributed by atoms with Gasteiger partial charge < -0.3 is 20.5 Å². The summed E-state index contributed by atoms with van der Waals surface area (Å²) in [5.41, 5.74) is 0. The zero-order valence-electron chi connectivity index (χ0n) is 9.45. The quantitative estimate of drug-likeness (QED) is 0.375. The number of nitrogens with one attached hydrogen (secondary N) is 2. The first-order chi connectivity index (χ1) is 6.99. The molecule has 0 aliphatic heterocycles. The number of amides is 2. The minimum absolute atomic E-state index is 0. The van der Waals surface area contributed by atoms with Crippen molar-refractivity contribution in [1.82, 2.24) is 10.6 Å². The number of carboxylic acid groups (broad SMARTS) is 1. The van der Waals surface area contributed by atoms with Crippen LogP contribution in [-0.4, -0.2) is 36.0 Å². The maximum Gasteiger partial charge on any atom is 0.325 e. The normalized spacial score (nSPS) is 9.69. The second kappa shape index (κ2) is 12.4. The number of hydrogen-bond acceptors (Lipinski definition) is 3. The number of carbonyl (C=O) groups is 2. The average Bonchev–Trinajstić information content (AvgIpc) is 2.15. The number of aliphatic carboxylic acids is 1. The Labute approximate surface area is 89.0 Å². The predicted molar refractivity (Wildman–Crippen MR) is 54.9 cm³/mol. The van der Waals surface area contributed by atoms with Crippen LogP contribution in [0.4, 0.5) is 0 Å². The van der Waals surface area contributed by atoms with Gasteiger partial charge in [0, 0.05) is 0 Å². The van der Waals surface area contributed by atoms with Crippen molar-refractivity contribution in [3.05, 3.63) is 0 Å². The van der Waals surface area contributed by atoms with E-state index in [0.717, 1.165) is 0 Å². The van der Waals surface area contributed by atoms with Crippen LogP contribution in [0.3, 0.4) is 0 Å². The molecule has 100 valence electrons. The minimum atomic E-state index is -1.13. The molecule has 0 aromatic heterocycles. The van der Waals surface area contributed by atoms with Crippen molar-refractivity contribution in [2.75, 3.05) is 6.54 Å². The molecular weight excluding hydrogens is 457 g/mol. The fourth-order valence-electron chi connectivity index (χ4n) is 0.471. The summed E-state index contributed by atoms with van der Waals surface area (Å²) < 4.78 is 0. The Morgan fingerprint density at radius 3 is 2.12 bits per heavy atom. The third-order valence-corrected chi connectivity index (χ3v) is 1.07. The van der Waals surface area contributed by atoms with Crippen LogP contribution in [0.5, 0.6) is 0 Å². The van der Waals surface area contributed by atoms with Crippen molar-refractivity contribution in [1.29, 1.82) is 0 Å². The van der Waals surface area contributed by atoms with Gasteiger partial charge in [-0.3, -0.25) is 9.59 Å². The molecule has 3 N–H and O–H groups in total. The molecule has 0 unspecified atom stereocenters. The van der Waals surface area contributed by atoms with Crippen molar-refractivity contribution in [3.8, 4) is 0 Å². The molecule has 0 bridgehead atoms. The SMILES string of the molecule is CCC.C[C@H](NC(=O)CN[C-]=O)C(=O)O.[Fm]. The molecule has 0 aliphatic rings. The van der Waals surface area contributed by atoms with Crippen LogP contribution >= 0.6 is 0 Å². The summed E-state index contributed by atoms with van der Waals surface area (Å²) in [7, 11) is 0. The van der Waals surface area contributed by atoms with Crippen LogP contribution in [0.15, 0.2) is 0 Å². The van der Waals surface area contributed by atoms with Crippen molar-refractivity contribution in [2.45, 2.75) is 33.2 Å². The van der Waals surface area contributed by atoms with Gasteiger partial charge in [0.05, 0.1) is 6.54 Å². The van der Waals surface area contributed by atoms with E-state index in [0.29, 0.717) is 0 Å². The molecule has 2 amide bonds. The maximum atomic E-state index is 10.7. The Kier molecular flexibility index (Phi) is 14.8. The monoisotopic (exact) mass is 474 g/mol. The standard InChI is InChI=1S/C6H9N2O4.C3H8.Fm/c1-4(6(11)12)8-5(10)2-7-3-9;1-3-2;/h4H,2H2,1H3,(H,7,9)(H,8,10)(H,11,12);3H2,1-2H3;/q-1;;/t4-;;/m0../s1. The maximum absolute atomic E-state index is 10.7. The van der Waals surface area contributed by atoms with Gasteiger partial charge in [-0.2, -0.15) is 6.41 Å². The molecule has 16 heavy (non-hydrogen) atoms. The molecule has 0 heterocycles. The zero-order chi connectivity index (χ0) is 12.3. The third-order valence-electron chi connectivity index (χ3n) is 1.07. The molecule has 0 aromatic carbocycles. The average molecular weight is 474 g/mol. The van der Waals surface area contributed by atoms with Gasteiger partial charge in [0.25, 0.3) is 0 Å². The molecule has 7 heteroatoms. The minimum Gasteiger partial charge on any atom is -0.522 e. The summed E-state index contributed by atoms with van der Waals surface area (Å²) in [6, 6.07) is -0.953. The van der Waals surface area contributed by atoms with Gasteiger partial charge in [-0.1, -0.05) is 20.3 Å². The molecule has 0 aliphatic carbocycles. The van der Waals surface area contributed by atoms with E-state index in [1.165, 1.54) is 19.8 Å². The Morgan fingerprint density at radius 1 is 1.38 bits per heavy atom. The fourth-order valence-corrected chi connectivity index (χ4v) is 0.471. The van der Waals surface area contributed by atoms with Crippen LogP contribution < -0.4 is 10.6 Å². The first kappa shape index (κ1) is 19.1. The molecular formula is C9H17FmN2O4-. The molecule has 0 spiro atoms. The van der Waals surface area contributed by atoms with Crippen molar-refractivity contribution in [2.24, 2.45) is 0 Å². The molecule has 0 fully saturated rings. The predicted octanol–water partition coefficient (Wildman–Crippen LogP) is -0.351. The third kappa shape index (κ3) is 14.0. The first-order valence-electron chi connectivity index (χ1n) is 4.61. The van der Waals surface area contributed by atoms with Crippen LogP contribution in [-0.2, 0) is 14.4 Å². The Morgan fingerprint density at radius 2 is 1.81 bits per heavy atom. The Bertz CT molecular complexity index is 212. The van der Waals surface area contributed by atoms with Gasteiger partial charge in [-0.05, 0) is 6.92 Å². The topological polar surface area (TPSA) is 95.5 Å².